The van der Waals surface area contributed by atoms with Crippen LogP contribution in [0.2, 0.25) is 0 Å². The topological polar surface area (TPSA) is 38.0 Å². The number of hydrogen-bond donors (Lipinski definition) is 2. The van der Waals surface area contributed by atoms with Crippen molar-refractivity contribution in [2.75, 3.05) is 0 Å². The molecule has 0 spiro atoms. The molecule has 1 aromatic rings. The summed E-state index contributed by atoms with van der Waals surface area (Å²) >= 11 is 0. The summed E-state index contributed by atoms with van der Waals surface area (Å²) in [4.78, 5) is 0. The van der Waals surface area contributed by atoms with Crippen molar-refractivity contribution < 1.29 is 13.2 Å². The third-order valence-corrected chi connectivity index (χ3v) is 2.94. The molecule has 0 saturated heterocycles. The van der Waals surface area contributed by atoms with Crippen molar-refractivity contribution in [1.29, 1.82) is 0 Å². The van der Waals surface area contributed by atoms with Crippen molar-refractivity contribution in [1.82, 2.24) is 5.43 Å². The number of halogens is 3. The minimum absolute atomic E-state index is 0.0844. The molecule has 1 unspecified atom stereocenters. The Hall–Kier alpha value is -1.07. The summed E-state index contributed by atoms with van der Waals surface area (Å²) in [5.74, 6) is 5.44. The molecule has 0 bridgehead atoms. The number of hydrogen-bond acceptors (Lipinski definition) is 2. The summed E-state index contributed by atoms with van der Waals surface area (Å²) in [5.41, 5.74) is 2.82. The van der Waals surface area contributed by atoms with Gasteiger partial charge in [0.05, 0.1) is 5.56 Å². The largest absolute Gasteiger partial charge is 0.416 e. The van der Waals surface area contributed by atoms with Crippen molar-refractivity contribution in [2.24, 2.45) is 5.84 Å². The maximum absolute atomic E-state index is 12.4. The van der Waals surface area contributed by atoms with E-state index >= 15 is 0 Å². The minimum atomic E-state index is -4.29. The van der Waals surface area contributed by atoms with Gasteiger partial charge in [-0.05, 0) is 24.1 Å². The van der Waals surface area contributed by atoms with Gasteiger partial charge in [-0.2, -0.15) is 13.2 Å². The quantitative estimate of drug-likeness (QED) is 0.464. The van der Waals surface area contributed by atoms with Gasteiger partial charge in [0.2, 0.25) is 0 Å². The van der Waals surface area contributed by atoms with Gasteiger partial charge in [-0.1, -0.05) is 38.3 Å². The van der Waals surface area contributed by atoms with Gasteiger partial charge in [-0.25, -0.2) is 0 Å². The molecule has 0 fully saturated rings. The highest BCUT2D eigenvalue weighted by molar-refractivity contribution is 5.26. The van der Waals surface area contributed by atoms with E-state index < -0.39 is 11.7 Å². The number of unbranched alkanes of at least 4 members (excludes halogenated alkanes) is 2. The summed E-state index contributed by atoms with van der Waals surface area (Å²) in [5, 5.41) is 0. The molecule has 5 heteroatoms. The Kier molecular flexibility index (Phi) is 5.62. The van der Waals surface area contributed by atoms with Gasteiger partial charge in [-0.3, -0.25) is 11.3 Å². The molecule has 3 N–H and O–H groups in total. The molecular weight excluding hydrogens is 241 g/mol. The van der Waals surface area contributed by atoms with Crippen LogP contribution in [0.25, 0.3) is 0 Å². The first-order valence-electron chi connectivity index (χ1n) is 6.12. The first kappa shape index (κ1) is 15.0. The lowest BCUT2D eigenvalue weighted by Crippen LogP contribution is -2.28. The van der Waals surface area contributed by atoms with Crippen molar-refractivity contribution in [2.45, 2.75) is 44.8 Å². The average Bonchev–Trinajstić information content (AvgIpc) is 2.34. The highest BCUT2D eigenvalue weighted by Gasteiger charge is 2.30. The third kappa shape index (κ3) is 4.31. The number of nitrogens with one attached hydrogen (secondary N) is 1. The summed E-state index contributed by atoms with van der Waals surface area (Å²) in [6.45, 7) is 2.10. The molecule has 1 atom stereocenters. The smallest absolute Gasteiger partial charge is 0.271 e. The zero-order valence-corrected chi connectivity index (χ0v) is 10.4. The highest BCUT2D eigenvalue weighted by Crippen LogP contribution is 2.30. The van der Waals surface area contributed by atoms with Crippen molar-refractivity contribution in [3.63, 3.8) is 0 Å². The van der Waals surface area contributed by atoms with Crippen LogP contribution in [0.15, 0.2) is 24.3 Å². The molecule has 0 radical (unpaired) electrons. The Labute approximate surface area is 105 Å². The number of rotatable bonds is 6. The predicted molar refractivity (Wildman–Crippen MR) is 65.7 cm³/mol. The summed E-state index contributed by atoms with van der Waals surface area (Å²) in [6, 6.07) is 5.08. The predicted octanol–water partition coefficient (Wildman–Crippen LogP) is 3.79. The molecule has 0 amide bonds. The fraction of sp³-hybridized carbons (Fsp3) is 0.538. The lowest BCUT2D eigenvalue weighted by molar-refractivity contribution is -0.137. The first-order chi connectivity index (χ1) is 8.49. The van der Waals surface area contributed by atoms with Crippen LogP contribution < -0.4 is 11.3 Å². The molecule has 0 aliphatic rings. The Bertz CT molecular complexity index is 346. The van der Waals surface area contributed by atoms with E-state index in [4.69, 9.17) is 5.84 Å². The number of benzene rings is 1. The van der Waals surface area contributed by atoms with E-state index in [-0.39, 0.29) is 6.04 Å². The molecule has 0 aliphatic carbocycles. The third-order valence-electron chi connectivity index (χ3n) is 2.94. The molecule has 0 heterocycles. The summed E-state index contributed by atoms with van der Waals surface area (Å²) < 4.78 is 37.2. The summed E-state index contributed by atoms with van der Waals surface area (Å²) in [7, 11) is 0. The fourth-order valence-electron chi connectivity index (χ4n) is 1.85. The number of hydrazine groups is 1. The van der Waals surface area contributed by atoms with Crippen LogP contribution in [0.4, 0.5) is 13.2 Å². The maximum atomic E-state index is 12.4. The molecule has 0 aromatic heterocycles. The van der Waals surface area contributed by atoms with Crippen LogP contribution in [-0.4, -0.2) is 0 Å². The average molecular weight is 260 g/mol. The second-order valence-electron chi connectivity index (χ2n) is 4.33. The Morgan fingerprint density at radius 2 is 1.78 bits per heavy atom. The summed E-state index contributed by atoms with van der Waals surface area (Å²) in [6.07, 6.45) is -0.252. The lowest BCUT2D eigenvalue weighted by atomic mass is 10.00. The standard InChI is InChI=1S/C13H19F3N2/c1-2-3-4-5-12(18-17)10-6-8-11(9-7-10)13(14,15)16/h6-9,12,18H,2-5,17H2,1H3. The lowest BCUT2D eigenvalue weighted by Gasteiger charge is -2.17. The Balaban J connectivity index is 2.69. The van der Waals surface area contributed by atoms with Gasteiger partial charge in [0.25, 0.3) is 0 Å². The Morgan fingerprint density at radius 1 is 1.17 bits per heavy atom. The molecule has 1 aromatic carbocycles. The molecule has 102 valence electrons. The zero-order valence-electron chi connectivity index (χ0n) is 10.4. The van der Waals surface area contributed by atoms with E-state index in [1.165, 1.54) is 12.1 Å². The first-order valence-corrected chi connectivity index (χ1v) is 6.12. The van der Waals surface area contributed by atoms with Crippen LogP contribution in [0.1, 0.15) is 49.8 Å². The van der Waals surface area contributed by atoms with E-state index in [2.05, 4.69) is 12.3 Å². The van der Waals surface area contributed by atoms with Gasteiger partial charge >= 0.3 is 6.18 Å². The van der Waals surface area contributed by atoms with Gasteiger partial charge in [0, 0.05) is 6.04 Å². The normalized spacial score (nSPS) is 13.6. The zero-order chi connectivity index (χ0) is 13.6. The SMILES string of the molecule is CCCCCC(NN)c1ccc(C(F)(F)F)cc1. The van der Waals surface area contributed by atoms with Gasteiger partial charge in [0.15, 0.2) is 0 Å². The second kappa shape index (κ2) is 6.75. The number of alkyl halides is 3. The van der Waals surface area contributed by atoms with Crippen LogP contribution in [0.3, 0.4) is 0 Å². The molecule has 1 rings (SSSR count). The molecular formula is C13H19F3N2. The van der Waals surface area contributed by atoms with Gasteiger partial charge in [-0.15, -0.1) is 0 Å². The molecule has 18 heavy (non-hydrogen) atoms. The molecule has 2 nitrogen and oxygen atoms in total. The van der Waals surface area contributed by atoms with E-state index in [0.717, 1.165) is 43.4 Å². The molecule has 0 saturated carbocycles. The van der Waals surface area contributed by atoms with Crippen LogP contribution in [0, 0.1) is 0 Å². The fourth-order valence-corrected chi connectivity index (χ4v) is 1.85. The van der Waals surface area contributed by atoms with Gasteiger partial charge < -0.3 is 0 Å². The monoisotopic (exact) mass is 260 g/mol. The van der Waals surface area contributed by atoms with E-state index in [9.17, 15) is 13.2 Å². The van der Waals surface area contributed by atoms with E-state index in [1.54, 1.807) is 0 Å². The minimum Gasteiger partial charge on any atom is -0.271 e. The van der Waals surface area contributed by atoms with E-state index in [1.807, 2.05) is 0 Å². The Morgan fingerprint density at radius 3 is 2.22 bits per heavy atom. The van der Waals surface area contributed by atoms with Crippen molar-refractivity contribution in [3.05, 3.63) is 35.4 Å². The van der Waals surface area contributed by atoms with Gasteiger partial charge in [0.1, 0.15) is 0 Å². The maximum Gasteiger partial charge on any atom is 0.416 e. The van der Waals surface area contributed by atoms with E-state index in [0.29, 0.717) is 0 Å². The van der Waals surface area contributed by atoms with Crippen molar-refractivity contribution in [3.8, 4) is 0 Å². The highest BCUT2D eigenvalue weighted by atomic mass is 19.4. The number of nitrogens with two attached hydrogens (primary N) is 1. The van der Waals surface area contributed by atoms with Crippen molar-refractivity contribution >= 4 is 0 Å². The van der Waals surface area contributed by atoms with Crippen LogP contribution >= 0.6 is 0 Å². The van der Waals surface area contributed by atoms with Crippen LogP contribution in [-0.2, 0) is 6.18 Å². The molecule has 0 aliphatic heterocycles. The second-order valence-corrected chi connectivity index (χ2v) is 4.33. The van der Waals surface area contributed by atoms with Crippen LogP contribution in [0.5, 0.6) is 0 Å².